The molecule has 0 aliphatic rings. The molecule has 0 bridgehead atoms. The van der Waals surface area contributed by atoms with Crippen LogP contribution < -0.4 is 0 Å². The number of likely N-dealkylation sites (N-methyl/N-ethyl adjacent to an activating group) is 1. The standard InChI is InChI=1S/C47H94NO7P/c1-6-8-10-12-14-16-18-20-21-22-23-24-25-26-27-28-29-31-33-35-37-39-42-52-44-46(45-54-56(50,51)53-43-41-48(3,4)5)55-47(49)40-38-36-34-32-30-19-17-15-13-11-9-7-2/h15,17,46H,6-14,16,18-45H2,1-5H3/p+1/b17-15-. The fraction of sp³-hybridized carbons (Fsp3) is 0.936. The van der Waals surface area contributed by atoms with Crippen molar-refractivity contribution in [3.63, 3.8) is 0 Å². The number of carbonyl (C=O) groups excluding carboxylic acids is 1. The molecule has 0 rings (SSSR count). The second-order valence-electron chi connectivity index (χ2n) is 17.5. The lowest BCUT2D eigenvalue weighted by molar-refractivity contribution is -0.870. The number of carbonyl (C=O) groups is 1. The maximum atomic E-state index is 12.7. The molecule has 334 valence electrons. The van der Waals surface area contributed by atoms with Crippen LogP contribution in [0, 0.1) is 0 Å². The van der Waals surface area contributed by atoms with E-state index >= 15 is 0 Å². The van der Waals surface area contributed by atoms with E-state index < -0.39 is 13.9 Å². The van der Waals surface area contributed by atoms with Crippen molar-refractivity contribution >= 4 is 13.8 Å². The molecule has 0 spiro atoms. The smallest absolute Gasteiger partial charge is 0.457 e. The van der Waals surface area contributed by atoms with Gasteiger partial charge in [0, 0.05) is 13.0 Å². The number of phosphoric acid groups is 1. The molecular weight excluding hydrogens is 721 g/mol. The Morgan fingerprint density at radius 1 is 0.536 bits per heavy atom. The van der Waals surface area contributed by atoms with Gasteiger partial charge >= 0.3 is 13.8 Å². The Morgan fingerprint density at radius 2 is 0.929 bits per heavy atom. The van der Waals surface area contributed by atoms with Gasteiger partial charge in [0.15, 0.2) is 0 Å². The van der Waals surface area contributed by atoms with Crippen molar-refractivity contribution in [3.8, 4) is 0 Å². The Kier molecular flexibility index (Phi) is 40.4. The normalized spacial score (nSPS) is 13.8. The van der Waals surface area contributed by atoms with Crippen LogP contribution in [-0.4, -0.2) is 75.6 Å². The van der Waals surface area contributed by atoms with Gasteiger partial charge in [-0.2, -0.15) is 0 Å². The highest BCUT2D eigenvalue weighted by Gasteiger charge is 2.26. The Balaban J connectivity index is 4.07. The summed E-state index contributed by atoms with van der Waals surface area (Å²) in [7, 11) is 1.67. The van der Waals surface area contributed by atoms with Crippen molar-refractivity contribution in [2.75, 3.05) is 54.1 Å². The predicted octanol–water partition coefficient (Wildman–Crippen LogP) is 14.2. The highest BCUT2D eigenvalue weighted by molar-refractivity contribution is 7.47. The molecule has 9 heteroatoms. The van der Waals surface area contributed by atoms with E-state index in [1.54, 1.807) is 0 Å². The van der Waals surface area contributed by atoms with Gasteiger partial charge in [0.05, 0.1) is 34.4 Å². The fourth-order valence-corrected chi connectivity index (χ4v) is 7.58. The number of phosphoric ester groups is 1. The lowest BCUT2D eigenvalue weighted by Crippen LogP contribution is -2.37. The molecule has 56 heavy (non-hydrogen) atoms. The van der Waals surface area contributed by atoms with E-state index in [1.807, 2.05) is 21.1 Å². The zero-order valence-electron chi connectivity index (χ0n) is 37.9. The Hall–Kier alpha value is -0.760. The van der Waals surface area contributed by atoms with E-state index in [4.69, 9.17) is 18.5 Å². The van der Waals surface area contributed by atoms with Gasteiger partial charge in [-0.05, 0) is 38.5 Å². The first-order chi connectivity index (χ1) is 27.1. The van der Waals surface area contributed by atoms with Gasteiger partial charge in [0.1, 0.15) is 19.3 Å². The maximum absolute atomic E-state index is 12.7. The van der Waals surface area contributed by atoms with Crippen LogP contribution in [0.1, 0.15) is 226 Å². The van der Waals surface area contributed by atoms with Crippen LogP contribution in [0.2, 0.25) is 0 Å². The molecule has 0 heterocycles. The Bertz CT molecular complexity index is 909. The number of rotatable bonds is 45. The number of hydrogen-bond acceptors (Lipinski definition) is 6. The molecule has 0 aromatic carbocycles. The lowest BCUT2D eigenvalue weighted by atomic mass is 10.0. The summed E-state index contributed by atoms with van der Waals surface area (Å²) in [6, 6.07) is 0. The molecular formula is C47H95NO7P+. The molecule has 0 amide bonds. The summed E-state index contributed by atoms with van der Waals surface area (Å²) in [6.07, 6.45) is 45.4. The van der Waals surface area contributed by atoms with Crippen LogP contribution in [0.15, 0.2) is 12.2 Å². The van der Waals surface area contributed by atoms with Crippen molar-refractivity contribution in [2.45, 2.75) is 232 Å². The van der Waals surface area contributed by atoms with E-state index in [9.17, 15) is 14.3 Å². The van der Waals surface area contributed by atoms with Crippen LogP contribution in [0.25, 0.3) is 0 Å². The second kappa shape index (κ2) is 41.0. The maximum Gasteiger partial charge on any atom is 0.472 e. The zero-order valence-corrected chi connectivity index (χ0v) is 38.8. The molecule has 0 aromatic heterocycles. The van der Waals surface area contributed by atoms with Gasteiger partial charge in [0.2, 0.25) is 0 Å². The van der Waals surface area contributed by atoms with Crippen molar-refractivity contribution < 1.29 is 37.3 Å². The van der Waals surface area contributed by atoms with E-state index in [0.717, 1.165) is 44.9 Å². The number of esters is 1. The van der Waals surface area contributed by atoms with Crippen molar-refractivity contribution in [1.29, 1.82) is 0 Å². The lowest BCUT2D eigenvalue weighted by Gasteiger charge is -2.24. The van der Waals surface area contributed by atoms with Gasteiger partial charge in [-0.25, -0.2) is 4.57 Å². The molecule has 0 aromatic rings. The first kappa shape index (κ1) is 55.2. The minimum Gasteiger partial charge on any atom is -0.457 e. The summed E-state index contributed by atoms with van der Waals surface area (Å²) in [6.45, 7) is 5.63. The van der Waals surface area contributed by atoms with Crippen LogP contribution >= 0.6 is 7.82 Å². The van der Waals surface area contributed by atoms with Gasteiger partial charge in [0.25, 0.3) is 0 Å². The summed E-state index contributed by atoms with van der Waals surface area (Å²) in [4.78, 5) is 22.9. The van der Waals surface area contributed by atoms with Gasteiger partial charge in [-0.3, -0.25) is 13.8 Å². The molecule has 8 nitrogen and oxygen atoms in total. The summed E-state index contributed by atoms with van der Waals surface area (Å²) in [5.74, 6) is -0.319. The van der Waals surface area contributed by atoms with Gasteiger partial charge in [-0.1, -0.05) is 193 Å². The first-order valence-corrected chi connectivity index (χ1v) is 25.4. The second-order valence-corrected chi connectivity index (χ2v) is 19.0. The summed E-state index contributed by atoms with van der Waals surface area (Å²) < 4.78 is 35.0. The minimum atomic E-state index is -4.27. The van der Waals surface area contributed by atoms with Crippen LogP contribution in [0.3, 0.4) is 0 Å². The monoisotopic (exact) mass is 817 g/mol. The SMILES string of the molecule is CCCCC/C=C\CCCCCCCC(=O)OC(COCCCCCCCCCCCCCCCCCCCCCCCC)COP(=O)(O)OCC[N+](C)(C)C. The van der Waals surface area contributed by atoms with E-state index in [1.165, 1.54) is 161 Å². The molecule has 0 fully saturated rings. The number of quaternary nitrogens is 1. The van der Waals surface area contributed by atoms with Crippen LogP contribution in [0.5, 0.6) is 0 Å². The third kappa shape index (κ3) is 44.3. The average Bonchev–Trinajstić information content (AvgIpc) is 3.15. The Morgan fingerprint density at radius 3 is 1.39 bits per heavy atom. The Labute approximate surface area is 348 Å². The summed E-state index contributed by atoms with van der Waals surface area (Å²) in [5.41, 5.74) is 0. The summed E-state index contributed by atoms with van der Waals surface area (Å²) in [5, 5.41) is 0. The molecule has 0 aliphatic carbocycles. The van der Waals surface area contributed by atoms with Gasteiger partial charge in [-0.15, -0.1) is 0 Å². The van der Waals surface area contributed by atoms with E-state index in [0.29, 0.717) is 24.1 Å². The molecule has 0 saturated carbocycles. The largest absolute Gasteiger partial charge is 0.472 e. The highest BCUT2D eigenvalue weighted by atomic mass is 31.2. The van der Waals surface area contributed by atoms with Crippen molar-refractivity contribution in [2.24, 2.45) is 0 Å². The van der Waals surface area contributed by atoms with E-state index in [-0.39, 0.29) is 25.8 Å². The van der Waals surface area contributed by atoms with Crippen LogP contribution in [-0.2, 0) is 27.9 Å². The number of unbranched alkanes of at least 4 members (excludes halogenated alkanes) is 29. The number of hydrogen-bond donors (Lipinski definition) is 1. The number of nitrogens with zero attached hydrogens (tertiary/aromatic N) is 1. The zero-order chi connectivity index (χ0) is 41.3. The molecule has 1 N–H and O–H groups in total. The third-order valence-electron chi connectivity index (χ3n) is 10.6. The molecule has 0 saturated heterocycles. The van der Waals surface area contributed by atoms with Gasteiger partial charge < -0.3 is 18.9 Å². The van der Waals surface area contributed by atoms with Crippen molar-refractivity contribution in [1.82, 2.24) is 0 Å². The molecule has 2 atom stereocenters. The number of allylic oxidation sites excluding steroid dienone is 2. The first-order valence-electron chi connectivity index (χ1n) is 23.9. The quantitative estimate of drug-likeness (QED) is 0.0215. The fourth-order valence-electron chi connectivity index (χ4n) is 6.84. The van der Waals surface area contributed by atoms with Crippen LogP contribution in [0.4, 0.5) is 0 Å². The number of ether oxygens (including phenoxy) is 2. The summed E-state index contributed by atoms with van der Waals surface area (Å²) >= 11 is 0. The molecule has 0 radical (unpaired) electrons. The minimum absolute atomic E-state index is 0.0903. The van der Waals surface area contributed by atoms with E-state index in [2.05, 4.69) is 26.0 Å². The predicted molar refractivity (Wildman–Crippen MR) is 238 cm³/mol. The average molecular weight is 817 g/mol. The third-order valence-corrected chi connectivity index (χ3v) is 11.6. The molecule has 2 unspecified atom stereocenters. The molecule has 0 aliphatic heterocycles. The van der Waals surface area contributed by atoms with Crippen molar-refractivity contribution in [3.05, 3.63) is 12.2 Å². The topological polar surface area (TPSA) is 91.3 Å². The highest BCUT2D eigenvalue weighted by Crippen LogP contribution is 2.43.